The van der Waals surface area contributed by atoms with Crippen molar-refractivity contribution < 1.29 is 19.4 Å². The number of nitrogens with zero attached hydrogens (tertiary/aromatic N) is 3. The van der Waals surface area contributed by atoms with Crippen molar-refractivity contribution in [3.05, 3.63) is 58.8 Å². The zero-order valence-electron chi connectivity index (χ0n) is 16.2. The number of allylic oxidation sites excluding steroid dienone is 1. The molecule has 1 aromatic heterocycles. The van der Waals surface area contributed by atoms with Crippen LogP contribution in [0, 0.1) is 11.3 Å². The fourth-order valence-corrected chi connectivity index (χ4v) is 3.57. The van der Waals surface area contributed by atoms with Gasteiger partial charge in [0.05, 0.1) is 30.1 Å². The first-order valence-electron chi connectivity index (χ1n) is 8.64. The van der Waals surface area contributed by atoms with Crippen molar-refractivity contribution in [1.29, 1.82) is 5.26 Å². The molecule has 8 heteroatoms. The van der Waals surface area contributed by atoms with Gasteiger partial charge in [-0.25, -0.2) is 4.98 Å². The van der Waals surface area contributed by atoms with Crippen LogP contribution in [0.3, 0.4) is 0 Å². The van der Waals surface area contributed by atoms with Crippen LogP contribution in [0.1, 0.15) is 17.5 Å². The lowest BCUT2D eigenvalue weighted by atomic mass is 10.1. The molecule has 0 saturated carbocycles. The monoisotopic (exact) mass is 409 g/mol. The fraction of sp³-hybridized carbons (Fsp3) is 0.190. The van der Waals surface area contributed by atoms with Crippen molar-refractivity contribution in [1.82, 2.24) is 4.98 Å². The van der Waals surface area contributed by atoms with E-state index in [1.165, 1.54) is 11.3 Å². The zero-order chi connectivity index (χ0) is 20.8. The summed E-state index contributed by atoms with van der Waals surface area (Å²) in [4.78, 5) is 9.65. The van der Waals surface area contributed by atoms with E-state index in [2.05, 4.69) is 10.1 Å². The molecule has 3 aromatic rings. The van der Waals surface area contributed by atoms with Crippen LogP contribution in [-0.4, -0.2) is 36.6 Å². The van der Waals surface area contributed by atoms with Gasteiger partial charge in [-0.1, -0.05) is 17.3 Å². The summed E-state index contributed by atoms with van der Waals surface area (Å²) in [6.07, 6.45) is 0. The van der Waals surface area contributed by atoms with Gasteiger partial charge in [-0.2, -0.15) is 5.26 Å². The number of oxime groups is 1. The van der Waals surface area contributed by atoms with Crippen LogP contribution in [0.2, 0.25) is 0 Å². The number of ether oxygens (including phenoxy) is 2. The van der Waals surface area contributed by atoms with Crippen molar-refractivity contribution in [3.8, 4) is 17.6 Å². The Hall–Kier alpha value is -3.57. The van der Waals surface area contributed by atoms with Gasteiger partial charge in [0, 0.05) is 5.56 Å². The normalized spacial score (nSPS) is 12.3. The first kappa shape index (κ1) is 20.2. The lowest BCUT2D eigenvalue weighted by Crippen LogP contribution is -2.02. The number of nitriles is 1. The predicted octanol–water partition coefficient (Wildman–Crippen LogP) is 4.55. The van der Waals surface area contributed by atoms with Crippen LogP contribution in [0.5, 0.6) is 11.5 Å². The number of aromatic nitrogens is 1. The first-order chi connectivity index (χ1) is 14.1. The number of methoxy groups -OCH3 is 2. The van der Waals surface area contributed by atoms with Gasteiger partial charge in [-0.05, 0) is 37.3 Å². The van der Waals surface area contributed by atoms with Gasteiger partial charge in [0.15, 0.2) is 23.9 Å². The number of rotatable bonds is 7. The molecular weight excluding hydrogens is 390 g/mol. The summed E-state index contributed by atoms with van der Waals surface area (Å²) in [7, 11) is 3.12. The van der Waals surface area contributed by atoms with E-state index < -0.39 is 0 Å². The number of fused-ring (bicyclic) bond motifs is 1. The maximum Gasteiger partial charge on any atom is 0.175 e. The second-order valence-corrected chi connectivity index (χ2v) is 6.97. The van der Waals surface area contributed by atoms with Crippen LogP contribution >= 0.6 is 11.3 Å². The number of para-hydroxylation sites is 1. The van der Waals surface area contributed by atoms with E-state index in [4.69, 9.17) is 14.3 Å². The minimum absolute atomic E-state index is 0.0742. The number of aliphatic hydroxyl groups excluding tert-OH is 1. The average molecular weight is 409 g/mol. The van der Waals surface area contributed by atoms with Crippen LogP contribution in [0.25, 0.3) is 15.8 Å². The Morgan fingerprint density at radius 3 is 2.62 bits per heavy atom. The SMILES string of the molecule is COc1ccc(/C(C)=N\OC/C(O)=C(\C#N)c2nc3ccccc3s2)cc1OC. The van der Waals surface area contributed by atoms with Gasteiger partial charge in [-0.3, -0.25) is 0 Å². The third-order valence-corrected chi connectivity index (χ3v) is 5.17. The van der Waals surface area contributed by atoms with E-state index in [1.54, 1.807) is 33.3 Å². The van der Waals surface area contributed by atoms with E-state index >= 15 is 0 Å². The first-order valence-corrected chi connectivity index (χ1v) is 9.46. The second kappa shape index (κ2) is 9.08. The minimum atomic E-state index is -0.247. The Morgan fingerprint density at radius 2 is 1.93 bits per heavy atom. The highest BCUT2D eigenvalue weighted by Gasteiger charge is 2.14. The largest absolute Gasteiger partial charge is 0.507 e. The Kier molecular flexibility index (Phi) is 6.32. The molecule has 0 aliphatic rings. The summed E-state index contributed by atoms with van der Waals surface area (Å²) < 4.78 is 11.4. The molecule has 1 heterocycles. The van der Waals surface area contributed by atoms with Crippen LogP contribution in [0.4, 0.5) is 0 Å². The summed E-state index contributed by atoms with van der Waals surface area (Å²) in [5, 5.41) is 24.2. The Labute approximate surface area is 172 Å². The minimum Gasteiger partial charge on any atom is -0.507 e. The smallest absolute Gasteiger partial charge is 0.175 e. The highest BCUT2D eigenvalue weighted by atomic mass is 32.1. The molecule has 0 unspecified atom stereocenters. The molecule has 148 valence electrons. The lowest BCUT2D eigenvalue weighted by molar-refractivity contribution is 0.138. The molecule has 0 radical (unpaired) electrons. The zero-order valence-corrected chi connectivity index (χ0v) is 17.0. The molecule has 1 N–H and O–H groups in total. The molecule has 0 atom stereocenters. The summed E-state index contributed by atoms with van der Waals surface area (Å²) >= 11 is 1.33. The van der Waals surface area contributed by atoms with Gasteiger partial charge in [-0.15, -0.1) is 11.3 Å². The third kappa shape index (κ3) is 4.47. The molecule has 0 amide bonds. The van der Waals surface area contributed by atoms with Gasteiger partial charge >= 0.3 is 0 Å². The number of hydrogen-bond donors (Lipinski definition) is 1. The number of aliphatic hydroxyl groups is 1. The quantitative estimate of drug-likeness (QED) is 0.266. The van der Waals surface area contributed by atoms with Crippen molar-refractivity contribution >= 4 is 32.8 Å². The molecule has 0 fully saturated rings. The maximum absolute atomic E-state index is 10.3. The van der Waals surface area contributed by atoms with E-state index in [-0.39, 0.29) is 17.9 Å². The predicted molar refractivity (Wildman–Crippen MR) is 112 cm³/mol. The summed E-state index contributed by atoms with van der Waals surface area (Å²) in [6, 6.07) is 14.9. The molecule has 0 bridgehead atoms. The van der Waals surface area contributed by atoms with Crippen molar-refractivity contribution in [2.45, 2.75) is 6.92 Å². The standard InChI is InChI=1S/C21H19N3O4S/c1-13(14-8-9-18(26-2)19(10-14)27-3)24-28-12-17(25)15(11-22)21-23-16-6-4-5-7-20(16)29-21/h4-10,25H,12H2,1-3H3/b17-15-,24-13-. The number of thiazole rings is 1. The van der Waals surface area contributed by atoms with Crippen LogP contribution in [-0.2, 0) is 4.84 Å². The highest BCUT2D eigenvalue weighted by molar-refractivity contribution is 7.19. The molecule has 2 aromatic carbocycles. The second-order valence-electron chi connectivity index (χ2n) is 5.94. The fourth-order valence-electron chi connectivity index (χ4n) is 2.59. The van der Waals surface area contributed by atoms with Gasteiger partial charge in [0.25, 0.3) is 0 Å². The molecule has 0 saturated heterocycles. The van der Waals surface area contributed by atoms with Crippen LogP contribution in [0.15, 0.2) is 53.4 Å². The summed E-state index contributed by atoms with van der Waals surface area (Å²) in [6.45, 7) is 1.52. The Balaban J connectivity index is 1.76. The Morgan fingerprint density at radius 1 is 1.17 bits per heavy atom. The summed E-state index contributed by atoms with van der Waals surface area (Å²) in [5.74, 6) is 0.959. The average Bonchev–Trinajstić information content (AvgIpc) is 3.17. The third-order valence-electron chi connectivity index (χ3n) is 4.11. The van der Waals surface area contributed by atoms with Crippen molar-refractivity contribution in [2.24, 2.45) is 5.16 Å². The van der Waals surface area contributed by atoms with E-state index in [1.807, 2.05) is 36.4 Å². The Bertz CT molecular complexity index is 1100. The van der Waals surface area contributed by atoms with E-state index in [0.29, 0.717) is 22.2 Å². The van der Waals surface area contributed by atoms with Crippen LogP contribution < -0.4 is 9.47 Å². The maximum atomic E-state index is 10.3. The molecular formula is C21H19N3O4S. The van der Waals surface area contributed by atoms with E-state index in [9.17, 15) is 10.4 Å². The molecule has 7 nitrogen and oxygen atoms in total. The summed E-state index contributed by atoms with van der Waals surface area (Å²) in [5.41, 5.74) is 2.21. The number of benzene rings is 2. The lowest BCUT2D eigenvalue weighted by Gasteiger charge is -2.09. The van der Waals surface area contributed by atoms with Gasteiger partial charge < -0.3 is 19.4 Å². The van der Waals surface area contributed by atoms with Crippen molar-refractivity contribution in [3.63, 3.8) is 0 Å². The van der Waals surface area contributed by atoms with Gasteiger partial charge in [0.2, 0.25) is 0 Å². The van der Waals surface area contributed by atoms with Gasteiger partial charge in [0.1, 0.15) is 16.6 Å². The topological polar surface area (TPSA) is 97.0 Å². The molecule has 29 heavy (non-hydrogen) atoms. The molecule has 0 aliphatic carbocycles. The molecule has 0 aliphatic heterocycles. The highest BCUT2D eigenvalue weighted by Crippen LogP contribution is 2.29. The van der Waals surface area contributed by atoms with E-state index in [0.717, 1.165) is 15.8 Å². The molecule has 3 rings (SSSR count). The molecule has 0 spiro atoms. The van der Waals surface area contributed by atoms with Crippen molar-refractivity contribution in [2.75, 3.05) is 20.8 Å². The number of hydrogen-bond acceptors (Lipinski definition) is 8.